The number of hydrogen-bond donors (Lipinski definition) is 1. The van der Waals surface area contributed by atoms with Gasteiger partial charge in [0.2, 0.25) is 0 Å². The molecule has 0 spiro atoms. The third-order valence-electron chi connectivity index (χ3n) is 9.12. The molecule has 1 N–H and O–H groups in total. The van der Waals surface area contributed by atoms with Crippen molar-refractivity contribution >= 4 is 17.9 Å². The highest BCUT2D eigenvalue weighted by Gasteiger charge is 2.25. The zero-order chi connectivity index (χ0) is 40.0. The molecule has 0 aromatic carbocycles. The van der Waals surface area contributed by atoms with Gasteiger partial charge in [0.15, 0.2) is 6.10 Å². The van der Waals surface area contributed by atoms with Crippen molar-refractivity contribution in [2.75, 3.05) is 47.5 Å². The number of aliphatic carboxylic acids is 1. The van der Waals surface area contributed by atoms with Crippen LogP contribution in [0.15, 0.2) is 36.5 Å². The Hall–Kier alpha value is -2.49. The van der Waals surface area contributed by atoms with E-state index in [9.17, 15) is 19.5 Å². The van der Waals surface area contributed by atoms with Crippen LogP contribution in [0, 0.1) is 0 Å². The molecule has 0 aromatic heterocycles. The first-order valence-corrected chi connectivity index (χ1v) is 21.7. The summed E-state index contributed by atoms with van der Waals surface area (Å²) in [7, 11) is 5.94. The van der Waals surface area contributed by atoms with Crippen molar-refractivity contribution in [3.63, 3.8) is 0 Å². The van der Waals surface area contributed by atoms with Gasteiger partial charge in [-0.05, 0) is 64.2 Å². The highest BCUT2D eigenvalue weighted by atomic mass is 16.7. The predicted molar refractivity (Wildman–Crippen MR) is 221 cm³/mol. The number of carbonyl (C=O) groups is 3. The van der Waals surface area contributed by atoms with E-state index in [2.05, 4.69) is 50.3 Å². The largest absolute Gasteiger partial charge is 0.477 e. The van der Waals surface area contributed by atoms with E-state index in [-0.39, 0.29) is 38.6 Å². The van der Waals surface area contributed by atoms with Crippen LogP contribution in [0.4, 0.5) is 0 Å². The number of quaternary nitrogens is 1. The first kappa shape index (κ1) is 51.5. The van der Waals surface area contributed by atoms with Gasteiger partial charge in [0.25, 0.3) is 6.29 Å². The molecule has 0 rings (SSSR count). The molecule has 0 aromatic rings. The summed E-state index contributed by atoms with van der Waals surface area (Å²) in [5.74, 6) is -2.04. The Morgan fingerprint density at radius 1 is 0.556 bits per heavy atom. The molecule has 0 heterocycles. The Bertz CT molecular complexity index is 987. The molecular formula is C45H82NO8+. The van der Waals surface area contributed by atoms with E-state index < -0.39 is 24.3 Å². The second-order valence-electron chi connectivity index (χ2n) is 15.6. The van der Waals surface area contributed by atoms with Crippen LogP contribution in [-0.2, 0) is 33.3 Å². The van der Waals surface area contributed by atoms with Crippen molar-refractivity contribution in [1.82, 2.24) is 0 Å². The van der Waals surface area contributed by atoms with E-state index in [0.29, 0.717) is 17.4 Å². The molecule has 0 fully saturated rings. The molecule has 0 aliphatic carbocycles. The Morgan fingerprint density at radius 2 is 1.02 bits per heavy atom. The molecule has 0 saturated carbocycles. The number of ether oxygens (including phenoxy) is 4. The second-order valence-corrected chi connectivity index (χ2v) is 15.6. The number of unbranched alkanes of at least 4 members (excludes halogenated alkanes) is 18. The third-order valence-corrected chi connectivity index (χ3v) is 9.12. The molecule has 9 heteroatoms. The minimum atomic E-state index is -1.51. The fraction of sp³-hybridized carbons (Fsp3) is 0.800. The number of hydrogen-bond acceptors (Lipinski definition) is 7. The number of carboxylic acids is 1. The van der Waals surface area contributed by atoms with E-state index in [1.807, 2.05) is 21.1 Å². The van der Waals surface area contributed by atoms with Gasteiger partial charge >= 0.3 is 17.9 Å². The fourth-order valence-electron chi connectivity index (χ4n) is 5.67. The molecule has 0 radical (unpaired) electrons. The zero-order valence-corrected chi connectivity index (χ0v) is 35.4. The van der Waals surface area contributed by atoms with Gasteiger partial charge in [-0.1, -0.05) is 134 Å². The van der Waals surface area contributed by atoms with Crippen molar-refractivity contribution in [3.8, 4) is 0 Å². The summed E-state index contributed by atoms with van der Waals surface area (Å²) in [4.78, 5) is 37.0. The molecule has 0 bridgehead atoms. The molecule has 0 amide bonds. The average Bonchev–Trinajstić information content (AvgIpc) is 3.12. The molecule has 54 heavy (non-hydrogen) atoms. The van der Waals surface area contributed by atoms with Crippen LogP contribution < -0.4 is 0 Å². The smallest absolute Gasteiger partial charge is 0.361 e. The van der Waals surface area contributed by atoms with Crippen LogP contribution in [0.25, 0.3) is 0 Å². The molecule has 0 saturated heterocycles. The van der Waals surface area contributed by atoms with Crippen LogP contribution in [0.3, 0.4) is 0 Å². The van der Waals surface area contributed by atoms with E-state index in [4.69, 9.17) is 18.9 Å². The monoisotopic (exact) mass is 765 g/mol. The number of carbonyl (C=O) groups excluding carboxylic acids is 2. The lowest BCUT2D eigenvalue weighted by Gasteiger charge is -2.25. The van der Waals surface area contributed by atoms with Crippen LogP contribution in [0.2, 0.25) is 0 Å². The van der Waals surface area contributed by atoms with E-state index in [1.165, 1.54) is 57.8 Å². The Kier molecular flexibility index (Phi) is 35.7. The Labute approximate surface area is 330 Å². The van der Waals surface area contributed by atoms with Crippen molar-refractivity contribution in [3.05, 3.63) is 36.5 Å². The summed E-state index contributed by atoms with van der Waals surface area (Å²) in [6, 6.07) is 0. The predicted octanol–water partition coefficient (Wildman–Crippen LogP) is 11.1. The molecule has 9 nitrogen and oxygen atoms in total. The van der Waals surface area contributed by atoms with Gasteiger partial charge in [0.05, 0.1) is 34.4 Å². The van der Waals surface area contributed by atoms with Crippen LogP contribution in [0.5, 0.6) is 0 Å². The Morgan fingerprint density at radius 3 is 1.54 bits per heavy atom. The van der Waals surface area contributed by atoms with Crippen molar-refractivity contribution < 1.29 is 42.9 Å². The maximum Gasteiger partial charge on any atom is 0.361 e. The number of rotatable bonds is 39. The van der Waals surface area contributed by atoms with Crippen molar-refractivity contribution in [1.29, 1.82) is 0 Å². The molecule has 314 valence electrons. The maximum absolute atomic E-state index is 12.7. The first-order valence-electron chi connectivity index (χ1n) is 21.7. The highest BCUT2D eigenvalue weighted by molar-refractivity contribution is 5.71. The van der Waals surface area contributed by atoms with Gasteiger partial charge in [-0.3, -0.25) is 9.59 Å². The lowest BCUT2D eigenvalue weighted by atomic mass is 10.1. The molecule has 2 unspecified atom stereocenters. The second kappa shape index (κ2) is 37.4. The SMILES string of the molecule is CCCC/C=C\C/C=C\CCCCCCCC(=O)OC(COC(=O)CCCCCCC/C=C\CCCCCCCC)COC(OCC[N+](C)(C)C)C(=O)O. The summed E-state index contributed by atoms with van der Waals surface area (Å²) < 4.78 is 22.7. The topological polar surface area (TPSA) is 108 Å². The minimum Gasteiger partial charge on any atom is -0.477 e. The van der Waals surface area contributed by atoms with Gasteiger partial charge in [-0.15, -0.1) is 0 Å². The molecule has 2 atom stereocenters. The lowest BCUT2D eigenvalue weighted by molar-refractivity contribution is -0.870. The standard InChI is InChI=1S/C45H81NO8/c1-6-8-10-12-14-16-18-20-22-24-25-27-29-31-33-35-42(47)52-39-41(40-53-45(44(49)50)51-38-37-46(3,4)5)54-43(48)36-34-32-30-28-26-23-21-19-17-15-13-11-9-7-2/h13,15,19-22,41,45H,6-12,14,16-18,23-40H2,1-5H3/p+1/b15-13-,21-19-,22-20-. The number of likely N-dealkylation sites (N-methyl/N-ethyl adjacent to an activating group) is 1. The Balaban J connectivity index is 4.50. The summed E-state index contributed by atoms with van der Waals surface area (Å²) >= 11 is 0. The summed E-state index contributed by atoms with van der Waals surface area (Å²) in [5, 5.41) is 9.62. The highest BCUT2D eigenvalue weighted by Crippen LogP contribution is 2.13. The number of nitrogens with zero attached hydrogens (tertiary/aromatic N) is 1. The zero-order valence-electron chi connectivity index (χ0n) is 35.4. The fourth-order valence-corrected chi connectivity index (χ4v) is 5.67. The molecule has 0 aliphatic heterocycles. The van der Waals surface area contributed by atoms with Gasteiger partial charge in [0, 0.05) is 12.8 Å². The third kappa shape index (κ3) is 37.8. The van der Waals surface area contributed by atoms with Gasteiger partial charge in [-0.2, -0.15) is 0 Å². The van der Waals surface area contributed by atoms with Crippen molar-refractivity contribution in [2.24, 2.45) is 0 Å². The average molecular weight is 765 g/mol. The number of esters is 2. The van der Waals surface area contributed by atoms with Crippen LogP contribution in [0.1, 0.15) is 174 Å². The van der Waals surface area contributed by atoms with Crippen LogP contribution in [-0.4, -0.2) is 87.4 Å². The molecule has 0 aliphatic rings. The number of allylic oxidation sites excluding steroid dienone is 6. The number of carboxylic acid groups (broad SMARTS) is 1. The quantitative estimate of drug-likeness (QED) is 0.0217. The lowest BCUT2D eigenvalue weighted by Crippen LogP contribution is -2.40. The van der Waals surface area contributed by atoms with Gasteiger partial charge in [-0.25, -0.2) is 4.79 Å². The summed E-state index contributed by atoms with van der Waals surface area (Å²) in [5.41, 5.74) is 0. The van der Waals surface area contributed by atoms with E-state index in [0.717, 1.165) is 83.5 Å². The van der Waals surface area contributed by atoms with Gasteiger partial charge < -0.3 is 28.5 Å². The summed E-state index contributed by atoms with van der Waals surface area (Å²) in [6.07, 6.45) is 37.7. The van der Waals surface area contributed by atoms with Crippen LogP contribution >= 0.6 is 0 Å². The normalized spacial score (nSPS) is 13.3. The van der Waals surface area contributed by atoms with Crippen molar-refractivity contribution in [2.45, 2.75) is 187 Å². The molecular weight excluding hydrogens is 682 g/mol. The van der Waals surface area contributed by atoms with E-state index in [1.54, 1.807) is 0 Å². The maximum atomic E-state index is 12.7. The summed E-state index contributed by atoms with van der Waals surface area (Å²) in [6.45, 7) is 4.79. The minimum absolute atomic E-state index is 0.183. The first-order chi connectivity index (χ1) is 26.1. The van der Waals surface area contributed by atoms with E-state index >= 15 is 0 Å². The van der Waals surface area contributed by atoms with Gasteiger partial charge in [0.1, 0.15) is 13.2 Å².